The number of sulfone groups is 1. The fourth-order valence-corrected chi connectivity index (χ4v) is 6.15. The summed E-state index contributed by atoms with van der Waals surface area (Å²) in [6, 6.07) is 6.80. The lowest BCUT2D eigenvalue weighted by Crippen LogP contribution is -2.19. The summed E-state index contributed by atoms with van der Waals surface area (Å²) in [4.78, 5) is 26.7. The van der Waals surface area contributed by atoms with Crippen molar-refractivity contribution in [2.45, 2.75) is 56.3 Å². The zero-order valence-corrected chi connectivity index (χ0v) is 23.4. The van der Waals surface area contributed by atoms with Gasteiger partial charge in [-0.1, -0.05) is 6.07 Å². The van der Waals surface area contributed by atoms with Crippen LogP contribution in [0.15, 0.2) is 41.7 Å². The summed E-state index contributed by atoms with van der Waals surface area (Å²) in [5, 5.41) is 3.27. The number of alkyl halides is 1. The minimum absolute atomic E-state index is 0.0248. The lowest BCUT2D eigenvalue weighted by atomic mass is 10.1. The number of benzene rings is 1. The van der Waals surface area contributed by atoms with Crippen molar-refractivity contribution in [2.24, 2.45) is 13.0 Å². The van der Waals surface area contributed by atoms with E-state index in [1.54, 1.807) is 35.2 Å². The van der Waals surface area contributed by atoms with Gasteiger partial charge >= 0.3 is 0 Å². The van der Waals surface area contributed by atoms with Crippen molar-refractivity contribution in [1.29, 1.82) is 0 Å². The maximum Gasteiger partial charge on any atom is 0.177 e. The van der Waals surface area contributed by atoms with Crippen LogP contribution in [0.5, 0.6) is 0 Å². The van der Waals surface area contributed by atoms with Gasteiger partial charge in [-0.25, -0.2) is 27.8 Å². The van der Waals surface area contributed by atoms with Gasteiger partial charge < -0.3 is 14.6 Å². The zero-order chi connectivity index (χ0) is 28.2. The van der Waals surface area contributed by atoms with E-state index in [9.17, 15) is 17.6 Å². The molecule has 210 valence electrons. The molecular weight excluding hydrogens is 535 g/mol. The molecule has 2 aliphatic rings. The van der Waals surface area contributed by atoms with E-state index >= 15 is 0 Å². The molecule has 1 N–H and O–H groups in total. The summed E-state index contributed by atoms with van der Waals surface area (Å²) in [7, 11) is -1.80. The molecule has 0 spiro atoms. The minimum Gasteiger partial charge on any atom is -0.358 e. The Morgan fingerprint density at radius 3 is 2.65 bits per heavy atom. The molecule has 1 aromatic carbocycles. The molecule has 1 saturated carbocycles. The van der Waals surface area contributed by atoms with Gasteiger partial charge in [0.25, 0.3) is 0 Å². The number of aromatic nitrogens is 5. The highest BCUT2D eigenvalue weighted by atomic mass is 32.2. The number of carbonyl (C=O) groups is 1. The average Bonchev–Trinajstić information content (AvgIpc) is 3.33. The van der Waals surface area contributed by atoms with Gasteiger partial charge in [-0.05, 0) is 50.8 Å². The van der Waals surface area contributed by atoms with Crippen LogP contribution in [-0.2, 0) is 32.8 Å². The Bertz CT molecular complexity index is 1720. The number of hydrogen-bond donors (Lipinski definition) is 1. The van der Waals surface area contributed by atoms with Crippen LogP contribution in [0.1, 0.15) is 43.4 Å². The molecule has 10 nitrogen and oxygen atoms in total. The maximum atomic E-state index is 13.6. The predicted octanol–water partition coefficient (Wildman–Crippen LogP) is 4.46. The van der Waals surface area contributed by atoms with E-state index in [1.165, 1.54) is 0 Å². The molecular formula is C28H31FN6O4S. The van der Waals surface area contributed by atoms with Gasteiger partial charge in [0.2, 0.25) is 0 Å². The number of aryl methyl sites for hydroxylation is 2. The monoisotopic (exact) mass is 566 g/mol. The third kappa shape index (κ3) is 5.13. The molecule has 4 aromatic rings. The molecule has 0 bridgehead atoms. The van der Waals surface area contributed by atoms with Crippen LogP contribution in [0.25, 0.3) is 22.4 Å². The number of Topliss-reactive ketones (excluding diaryl/α,β-unsaturated/α-hetero) is 1. The van der Waals surface area contributed by atoms with Crippen molar-refractivity contribution >= 4 is 38.2 Å². The SMILES string of the molecule is Cc1nc2c(Nc3ccc(-c4cn(C)cn4)cc3S(C)(=O)=O)cc(CC(=O)[C@@H]3C[C@@H]3F)nc2n1C1CCCCO1. The molecule has 1 aliphatic heterocycles. The Morgan fingerprint density at radius 2 is 2.00 bits per heavy atom. The molecule has 3 aromatic heterocycles. The molecule has 1 unspecified atom stereocenters. The number of ketones is 1. The number of rotatable bonds is 8. The highest BCUT2D eigenvalue weighted by Gasteiger charge is 2.43. The third-order valence-corrected chi connectivity index (χ3v) is 8.59. The smallest absolute Gasteiger partial charge is 0.177 e. The van der Waals surface area contributed by atoms with Crippen molar-refractivity contribution in [3.8, 4) is 11.3 Å². The fourth-order valence-electron chi connectivity index (χ4n) is 5.29. The summed E-state index contributed by atoms with van der Waals surface area (Å²) in [5.41, 5.74) is 3.72. The molecule has 0 radical (unpaired) electrons. The molecule has 6 rings (SSSR count). The maximum absolute atomic E-state index is 13.6. The van der Waals surface area contributed by atoms with Crippen molar-refractivity contribution < 1.29 is 22.3 Å². The molecule has 4 heterocycles. The lowest BCUT2D eigenvalue weighted by Gasteiger charge is -2.25. The van der Waals surface area contributed by atoms with Crippen LogP contribution >= 0.6 is 0 Å². The number of nitrogens with one attached hydrogen (secondary N) is 1. The summed E-state index contributed by atoms with van der Waals surface area (Å²) in [5.74, 6) is -0.0856. The average molecular weight is 567 g/mol. The van der Waals surface area contributed by atoms with E-state index in [-0.39, 0.29) is 29.7 Å². The Labute approximate surface area is 231 Å². The van der Waals surface area contributed by atoms with Crippen LogP contribution < -0.4 is 5.32 Å². The number of carbonyl (C=O) groups excluding carboxylic acids is 1. The first-order chi connectivity index (χ1) is 19.1. The summed E-state index contributed by atoms with van der Waals surface area (Å²) >= 11 is 0. The van der Waals surface area contributed by atoms with Crippen LogP contribution in [0.4, 0.5) is 15.8 Å². The fraction of sp³-hybridized carbons (Fsp3) is 0.429. The van der Waals surface area contributed by atoms with Crippen LogP contribution in [0.3, 0.4) is 0 Å². The first-order valence-corrected chi connectivity index (χ1v) is 15.2. The number of imidazole rings is 2. The second kappa shape index (κ2) is 10.1. The summed E-state index contributed by atoms with van der Waals surface area (Å²) in [6.07, 6.45) is 6.31. The van der Waals surface area contributed by atoms with Crippen molar-refractivity contribution in [1.82, 2.24) is 24.1 Å². The number of anilines is 2. The first-order valence-electron chi connectivity index (χ1n) is 13.3. The quantitative estimate of drug-likeness (QED) is 0.332. The van der Waals surface area contributed by atoms with Gasteiger partial charge in [-0.15, -0.1) is 0 Å². The first kappa shape index (κ1) is 26.6. The molecule has 40 heavy (non-hydrogen) atoms. The topological polar surface area (TPSA) is 121 Å². The second-order valence-corrected chi connectivity index (χ2v) is 12.7. The standard InChI is InChI=1S/C28H31FN6O4S/c1-16-31-27-22(33-21-8-7-17(10-25(21)40(3,37)38)23-14-34(2)15-30-23)11-18(12-24(36)19-13-20(19)29)32-28(27)35(16)26-6-4-5-9-39-26/h7-8,10-11,14-15,19-20,26H,4-6,9,12-13H2,1-3H3,(H,32,33)/t19-,20+,26?/m1/s1. The number of fused-ring (bicyclic) bond motifs is 1. The largest absolute Gasteiger partial charge is 0.358 e. The molecule has 3 atom stereocenters. The van der Waals surface area contributed by atoms with E-state index in [4.69, 9.17) is 14.7 Å². The third-order valence-electron chi connectivity index (χ3n) is 7.45. The Balaban J connectivity index is 1.45. The summed E-state index contributed by atoms with van der Waals surface area (Å²) < 4.78 is 49.2. The molecule has 1 saturated heterocycles. The van der Waals surface area contributed by atoms with Crippen LogP contribution in [0, 0.1) is 12.8 Å². The van der Waals surface area contributed by atoms with Gasteiger partial charge in [0.1, 0.15) is 29.5 Å². The second-order valence-electron chi connectivity index (χ2n) is 10.7. The number of hydrogen-bond acceptors (Lipinski definition) is 8. The van der Waals surface area contributed by atoms with Gasteiger partial charge in [0.15, 0.2) is 15.5 Å². The summed E-state index contributed by atoms with van der Waals surface area (Å²) in [6.45, 7) is 2.50. The Kier molecular flexibility index (Phi) is 6.70. The van der Waals surface area contributed by atoms with E-state index < -0.39 is 21.9 Å². The van der Waals surface area contributed by atoms with Crippen LogP contribution in [-0.4, -0.2) is 57.3 Å². The molecule has 2 fully saturated rings. The number of nitrogens with zero attached hydrogens (tertiary/aromatic N) is 5. The van der Waals surface area contributed by atoms with Gasteiger partial charge in [-0.3, -0.25) is 9.36 Å². The predicted molar refractivity (Wildman–Crippen MR) is 148 cm³/mol. The highest BCUT2D eigenvalue weighted by molar-refractivity contribution is 7.90. The van der Waals surface area contributed by atoms with E-state index in [2.05, 4.69) is 10.3 Å². The van der Waals surface area contributed by atoms with Gasteiger partial charge in [-0.2, -0.15) is 0 Å². The molecule has 1 aliphatic carbocycles. The van der Waals surface area contributed by atoms with E-state index in [0.717, 1.165) is 25.5 Å². The van der Waals surface area contributed by atoms with Gasteiger partial charge in [0.05, 0.1) is 39.9 Å². The van der Waals surface area contributed by atoms with E-state index in [0.29, 0.717) is 51.9 Å². The molecule has 0 amide bonds. The number of pyridine rings is 1. The lowest BCUT2D eigenvalue weighted by molar-refractivity contribution is -0.120. The zero-order valence-electron chi connectivity index (χ0n) is 22.6. The van der Waals surface area contributed by atoms with Gasteiger partial charge in [0, 0.05) is 38.1 Å². The Morgan fingerprint density at radius 1 is 1.20 bits per heavy atom. The molecule has 12 heteroatoms. The highest BCUT2D eigenvalue weighted by Crippen LogP contribution is 2.37. The van der Waals surface area contributed by atoms with Crippen molar-refractivity contribution in [3.63, 3.8) is 0 Å². The number of ether oxygens (including phenoxy) is 1. The van der Waals surface area contributed by atoms with Crippen molar-refractivity contribution in [2.75, 3.05) is 18.2 Å². The number of halogens is 1. The normalized spacial score (nSPS) is 21.1. The Hall–Kier alpha value is -3.64. The van der Waals surface area contributed by atoms with Crippen molar-refractivity contribution in [3.05, 3.63) is 48.3 Å². The minimum atomic E-state index is -3.64. The van der Waals surface area contributed by atoms with Crippen LogP contribution in [0.2, 0.25) is 0 Å². The van der Waals surface area contributed by atoms with E-state index in [1.807, 2.05) is 24.7 Å².